The van der Waals surface area contributed by atoms with Gasteiger partial charge in [0.2, 0.25) is 0 Å². The second-order valence-corrected chi connectivity index (χ2v) is 11.9. The quantitative estimate of drug-likeness (QED) is 0.375. The molecule has 40 heavy (non-hydrogen) atoms. The number of carbonyl (C=O) groups excluding carboxylic acids is 1. The highest BCUT2D eigenvalue weighted by Gasteiger charge is 2.46. The molecule has 1 amide bonds. The van der Waals surface area contributed by atoms with Crippen molar-refractivity contribution >= 4 is 11.6 Å². The fourth-order valence-electron chi connectivity index (χ4n) is 6.59. The first kappa shape index (κ1) is 25.1. The van der Waals surface area contributed by atoms with Gasteiger partial charge in [-0.15, -0.1) is 0 Å². The maximum Gasteiger partial charge on any atom is 0.252 e. The number of piperazine rings is 1. The highest BCUT2D eigenvalue weighted by molar-refractivity contribution is 5.97. The van der Waals surface area contributed by atoms with Gasteiger partial charge in [-0.25, -0.2) is 0 Å². The van der Waals surface area contributed by atoms with Crippen LogP contribution in [0.5, 0.6) is 0 Å². The van der Waals surface area contributed by atoms with Crippen LogP contribution in [0.1, 0.15) is 47.7 Å². The summed E-state index contributed by atoms with van der Waals surface area (Å²) in [5.41, 5.74) is 7.80. The number of likely N-dealkylation sites (tertiary alicyclic amines) is 1. The Morgan fingerprint density at radius 1 is 1.02 bits per heavy atom. The molecule has 7 rings (SSSR count). The number of amides is 1. The lowest BCUT2D eigenvalue weighted by molar-refractivity contribution is 0.0930. The van der Waals surface area contributed by atoms with Gasteiger partial charge in [0.05, 0.1) is 17.4 Å². The average molecular weight is 536 g/mol. The van der Waals surface area contributed by atoms with Crippen LogP contribution in [-0.2, 0) is 19.1 Å². The van der Waals surface area contributed by atoms with Crippen molar-refractivity contribution in [1.82, 2.24) is 29.8 Å². The Morgan fingerprint density at radius 3 is 2.50 bits per heavy atom. The first-order chi connectivity index (χ1) is 19.3. The van der Waals surface area contributed by atoms with Crippen molar-refractivity contribution in [1.29, 1.82) is 0 Å². The summed E-state index contributed by atoms with van der Waals surface area (Å²) in [5, 5.41) is 12.6. The molecule has 2 aromatic carbocycles. The van der Waals surface area contributed by atoms with Crippen LogP contribution in [0, 0.1) is 6.92 Å². The lowest BCUT2D eigenvalue weighted by Crippen LogP contribution is -2.44. The summed E-state index contributed by atoms with van der Waals surface area (Å²) in [6.45, 7) is 7.07. The molecule has 1 saturated carbocycles. The van der Waals surface area contributed by atoms with E-state index in [2.05, 4.69) is 76.7 Å². The number of benzene rings is 2. The largest absolute Gasteiger partial charge is 0.366 e. The molecule has 8 heteroatoms. The molecule has 4 heterocycles. The number of hydrogen-bond acceptors (Lipinski definition) is 5. The Morgan fingerprint density at radius 2 is 1.85 bits per heavy atom. The van der Waals surface area contributed by atoms with Crippen LogP contribution in [0.3, 0.4) is 0 Å². The van der Waals surface area contributed by atoms with Crippen molar-refractivity contribution < 1.29 is 4.79 Å². The lowest BCUT2D eigenvalue weighted by Gasteiger charge is -2.34. The van der Waals surface area contributed by atoms with Crippen molar-refractivity contribution in [3.63, 3.8) is 0 Å². The predicted octanol–water partition coefficient (Wildman–Crippen LogP) is 4.59. The molecular formula is C32H37N7O. The van der Waals surface area contributed by atoms with Crippen molar-refractivity contribution in [2.45, 2.75) is 57.3 Å². The van der Waals surface area contributed by atoms with E-state index in [0.29, 0.717) is 12.1 Å². The van der Waals surface area contributed by atoms with Crippen molar-refractivity contribution in [2.24, 2.45) is 7.05 Å². The third-order valence-electron chi connectivity index (χ3n) is 9.20. The first-order valence-corrected chi connectivity index (χ1v) is 14.4. The van der Waals surface area contributed by atoms with Crippen LogP contribution >= 0.6 is 0 Å². The summed E-state index contributed by atoms with van der Waals surface area (Å²) >= 11 is 0. The second kappa shape index (κ2) is 9.34. The molecule has 4 aromatic rings. The highest BCUT2D eigenvalue weighted by atomic mass is 16.1. The molecule has 3 fully saturated rings. The SMILES string of the molecule is CCn1ccc(-c2cc(-c3cnn(C)c3)cc(C3(NC(=O)c4cc(N5C[C@H]6C[C@@H]5CN6C)ccc4C)CC3)c2)n1. The third kappa shape index (κ3) is 4.31. The molecule has 0 unspecified atom stereocenters. The number of rotatable bonds is 7. The van der Waals surface area contributed by atoms with Crippen LogP contribution in [0.15, 0.2) is 61.1 Å². The number of anilines is 1. The third-order valence-corrected chi connectivity index (χ3v) is 9.20. The zero-order valence-electron chi connectivity index (χ0n) is 23.8. The predicted molar refractivity (Wildman–Crippen MR) is 157 cm³/mol. The summed E-state index contributed by atoms with van der Waals surface area (Å²) in [5.74, 6) is 0.00177. The molecule has 1 N–H and O–H groups in total. The normalized spacial score (nSPS) is 21.2. The highest BCUT2D eigenvalue weighted by Crippen LogP contribution is 2.48. The summed E-state index contributed by atoms with van der Waals surface area (Å²) in [6.07, 6.45) is 8.98. The molecular weight excluding hydrogens is 498 g/mol. The Labute approximate surface area is 235 Å². The van der Waals surface area contributed by atoms with Gasteiger partial charge in [-0.3, -0.25) is 19.1 Å². The number of nitrogens with zero attached hydrogens (tertiary/aromatic N) is 6. The Hall–Kier alpha value is -3.91. The van der Waals surface area contributed by atoms with Crippen LogP contribution in [0.4, 0.5) is 5.69 Å². The summed E-state index contributed by atoms with van der Waals surface area (Å²) in [6, 6.07) is 16.2. The van der Waals surface area contributed by atoms with Crippen LogP contribution in [0.2, 0.25) is 0 Å². The molecule has 2 aliphatic heterocycles. The summed E-state index contributed by atoms with van der Waals surface area (Å²) < 4.78 is 3.77. The minimum Gasteiger partial charge on any atom is -0.366 e. The van der Waals surface area contributed by atoms with Gasteiger partial charge in [0, 0.05) is 73.5 Å². The van der Waals surface area contributed by atoms with E-state index < -0.39 is 0 Å². The molecule has 3 aliphatic rings. The van der Waals surface area contributed by atoms with Crippen LogP contribution in [0.25, 0.3) is 22.4 Å². The number of carbonyl (C=O) groups is 1. The molecule has 2 bridgehead atoms. The molecule has 0 radical (unpaired) electrons. The molecule has 2 aromatic heterocycles. The van der Waals surface area contributed by atoms with Gasteiger partial charge in [-0.2, -0.15) is 10.2 Å². The zero-order chi connectivity index (χ0) is 27.6. The lowest BCUT2D eigenvalue weighted by atomic mass is 9.94. The van der Waals surface area contributed by atoms with Gasteiger partial charge < -0.3 is 10.2 Å². The number of fused-ring (bicyclic) bond motifs is 2. The molecule has 0 spiro atoms. The number of aryl methyl sites for hydroxylation is 3. The van der Waals surface area contributed by atoms with E-state index in [1.807, 2.05) is 41.9 Å². The monoisotopic (exact) mass is 535 g/mol. The topological polar surface area (TPSA) is 71.2 Å². The van der Waals surface area contributed by atoms with Gasteiger partial charge in [-0.05, 0) is 93.2 Å². The van der Waals surface area contributed by atoms with E-state index in [1.54, 1.807) is 0 Å². The maximum atomic E-state index is 13.9. The van der Waals surface area contributed by atoms with Crippen molar-refractivity contribution in [2.75, 3.05) is 25.0 Å². The number of aromatic nitrogens is 4. The Balaban J connectivity index is 1.20. The summed E-state index contributed by atoms with van der Waals surface area (Å²) in [4.78, 5) is 18.8. The van der Waals surface area contributed by atoms with Gasteiger partial charge in [0.1, 0.15) is 0 Å². The number of hydrogen-bond donors (Lipinski definition) is 1. The molecule has 1 aliphatic carbocycles. The maximum absolute atomic E-state index is 13.9. The van der Waals surface area contributed by atoms with Crippen LogP contribution in [-0.4, -0.2) is 62.6 Å². The van der Waals surface area contributed by atoms with E-state index in [1.165, 1.54) is 6.42 Å². The van der Waals surface area contributed by atoms with Gasteiger partial charge in [0.25, 0.3) is 5.91 Å². The number of likely N-dealkylation sites (N-methyl/N-ethyl adjacent to an activating group) is 1. The fraction of sp³-hybridized carbons (Fsp3) is 0.406. The van der Waals surface area contributed by atoms with Crippen molar-refractivity contribution in [3.05, 3.63) is 77.7 Å². The Kier molecular flexibility index (Phi) is 5.85. The minimum atomic E-state index is -0.380. The van der Waals surface area contributed by atoms with E-state index in [0.717, 1.165) is 77.2 Å². The van der Waals surface area contributed by atoms with E-state index in [-0.39, 0.29) is 11.4 Å². The number of nitrogens with one attached hydrogen (secondary N) is 1. The van der Waals surface area contributed by atoms with Gasteiger partial charge in [-0.1, -0.05) is 6.07 Å². The Bertz CT molecular complexity index is 1590. The van der Waals surface area contributed by atoms with Crippen LogP contribution < -0.4 is 10.2 Å². The molecule has 8 nitrogen and oxygen atoms in total. The van der Waals surface area contributed by atoms with E-state index in [9.17, 15) is 4.79 Å². The minimum absolute atomic E-state index is 0.00177. The van der Waals surface area contributed by atoms with E-state index in [4.69, 9.17) is 5.10 Å². The fourth-order valence-corrected chi connectivity index (χ4v) is 6.59. The average Bonchev–Trinajstić information content (AvgIpc) is 3.38. The van der Waals surface area contributed by atoms with E-state index >= 15 is 0 Å². The zero-order valence-corrected chi connectivity index (χ0v) is 23.8. The van der Waals surface area contributed by atoms with Gasteiger partial charge >= 0.3 is 0 Å². The first-order valence-electron chi connectivity index (χ1n) is 14.4. The summed E-state index contributed by atoms with van der Waals surface area (Å²) in [7, 11) is 4.15. The van der Waals surface area contributed by atoms with Gasteiger partial charge in [0.15, 0.2) is 0 Å². The molecule has 2 saturated heterocycles. The second-order valence-electron chi connectivity index (χ2n) is 11.9. The molecule has 2 atom stereocenters. The standard InChI is InChI=1S/C32H37N7O/c1-5-38-11-8-30(35-38)23-12-22(24-17-33-37(4)18-24)13-25(14-23)32(9-10-32)34-31(40)29-16-26(7-6-21(29)2)39-20-27-15-28(39)19-36(27)3/h6-8,11-14,16-18,27-28H,5,9-10,15,19-20H2,1-4H3,(H,34,40)/t27-,28-/m1/s1. The molecule has 206 valence electrons. The van der Waals surface area contributed by atoms with Crippen molar-refractivity contribution in [3.8, 4) is 22.4 Å². The smallest absolute Gasteiger partial charge is 0.252 e.